The highest BCUT2D eigenvalue weighted by Gasteiger charge is 2.56. The summed E-state index contributed by atoms with van der Waals surface area (Å²) >= 11 is 4.40. The van der Waals surface area contributed by atoms with Crippen LogP contribution in [0.15, 0.2) is 125 Å². The van der Waals surface area contributed by atoms with E-state index in [1.807, 2.05) is 0 Å². The average Bonchev–Trinajstić information content (AvgIpc) is 3.42. The zero-order valence-corrected chi connectivity index (χ0v) is 20.8. The minimum atomic E-state index is -0.426. The number of fused-ring (bicyclic) bond motifs is 5. The van der Waals surface area contributed by atoms with Crippen LogP contribution in [0.3, 0.4) is 0 Å². The van der Waals surface area contributed by atoms with Crippen LogP contribution >= 0.6 is 39.4 Å². The van der Waals surface area contributed by atoms with Gasteiger partial charge in [0.2, 0.25) is 0 Å². The Morgan fingerprint density at radius 1 is 0.719 bits per heavy atom. The molecule has 6 atom stereocenters. The molecule has 1 fully saturated rings. The maximum Gasteiger partial charge on any atom is 0.0567 e. The van der Waals surface area contributed by atoms with Crippen molar-refractivity contribution in [1.29, 1.82) is 0 Å². The molecule has 32 heavy (non-hydrogen) atoms. The minimum Gasteiger partial charge on any atom is -0.136 e. The van der Waals surface area contributed by atoms with Gasteiger partial charge >= 0.3 is 0 Å². The minimum absolute atomic E-state index is 0.331. The zero-order chi connectivity index (χ0) is 21.1. The lowest BCUT2D eigenvalue weighted by Crippen LogP contribution is -2.29. The van der Waals surface area contributed by atoms with Gasteiger partial charge in [0.15, 0.2) is 0 Å². The van der Waals surface area contributed by atoms with Crippen LogP contribution in [0.5, 0.6) is 0 Å². The van der Waals surface area contributed by atoms with E-state index in [0.29, 0.717) is 20.9 Å². The van der Waals surface area contributed by atoms with Gasteiger partial charge in [-0.05, 0) is 49.0 Å². The predicted molar refractivity (Wildman–Crippen MR) is 145 cm³/mol. The fraction of sp³-hybridized carbons (Fsp3) is 0.143. The normalized spacial score (nSPS) is 31.8. The van der Waals surface area contributed by atoms with E-state index < -0.39 is 7.92 Å². The van der Waals surface area contributed by atoms with E-state index in [1.165, 1.54) is 4.90 Å². The van der Waals surface area contributed by atoms with E-state index in [4.69, 9.17) is 0 Å². The second kappa shape index (κ2) is 8.03. The summed E-state index contributed by atoms with van der Waals surface area (Å²) in [5.41, 5.74) is 3.79. The van der Waals surface area contributed by atoms with E-state index >= 15 is 0 Å². The zero-order valence-electron chi connectivity index (χ0n) is 17.4. The molecule has 0 N–H and O–H groups in total. The van der Waals surface area contributed by atoms with Gasteiger partial charge in [-0.2, -0.15) is 0 Å². The summed E-state index contributed by atoms with van der Waals surface area (Å²) in [5.74, 6) is 0. The molecule has 4 heteroatoms. The summed E-state index contributed by atoms with van der Waals surface area (Å²) in [6.07, 6.45) is 9.37. The highest BCUT2D eigenvalue weighted by atomic mass is 32.2. The summed E-state index contributed by atoms with van der Waals surface area (Å²) in [7, 11) is -0.757. The van der Waals surface area contributed by atoms with E-state index in [2.05, 4.69) is 133 Å². The maximum absolute atomic E-state index is 2.43. The van der Waals surface area contributed by atoms with Crippen LogP contribution < -0.4 is 10.6 Å². The van der Waals surface area contributed by atoms with E-state index in [1.54, 1.807) is 27.1 Å². The van der Waals surface area contributed by atoms with Crippen molar-refractivity contribution < 1.29 is 0 Å². The first-order valence-electron chi connectivity index (χ1n) is 11.1. The van der Waals surface area contributed by atoms with Crippen LogP contribution in [0.1, 0.15) is 11.2 Å². The number of rotatable bonds is 2. The van der Waals surface area contributed by atoms with Gasteiger partial charge in [-0.3, -0.25) is 0 Å². The fourth-order valence-corrected chi connectivity index (χ4v) is 18.8. The molecule has 156 valence electrons. The molecule has 7 rings (SSSR count). The Hall–Kier alpha value is -1.56. The molecule has 6 unspecified atom stereocenters. The van der Waals surface area contributed by atoms with Crippen molar-refractivity contribution in [2.24, 2.45) is 0 Å². The molecular formula is C28H22P2S2. The van der Waals surface area contributed by atoms with Crippen LogP contribution in [-0.2, 0) is 0 Å². The second-order valence-electron chi connectivity index (χ2n) is 8.43. The maximum atomic E-state index is 2.43. The topological polar surface area (TPSA) is 0 Å². The Balaban J connectivity index is 1.50. The molecular weight excluding hydrogens is 462 g/mol. The van der Waals surface area contributed by atoms with Crippen LogP contribution in [0, 0.1) is 0 Å². The van der Waals surface area contributed by atoms with Gasteiger partial charge in [0.05, 0.1) is 4.99 Å². The molecule has 0 saturated carbocycles. The van der Waals surface area contributed by atoms with Crippen molar-refractivity contribution in [3.05, 3.63) is 126 Å². The number of benzene rings is 3. The molecule has 0 spiro atoms. The van der Waals surface area contributed by atoms with Crippen molar-refractivity contribution in [2.75, 3.05) is 0 Å². The third-order valence-electron chi connectivity index (χ3n) is 6.69. The predicted octanol–water partition coefficient (Wildman–Crippen LogP) is 7.61. The largest absolute Gasteiger partial charge is 0.136 e. The smallest absolute Gasteiger partial charge is 0.0567 e. The third-order valence-corrected chi connectivity index (χ3v) is 17.4. The molecule has 1 aliphatic carbocycles. The van der Waals surface area contributed by atoms with Crippen LogP contribution in [0.2, 0.25) is 0 Å². The summed E-state index contributed by atoms with van der Waals surface area (Å²) in [5, 5.41) is 5.41. The van der Waals surface area contributed by atoms with Gasteiger partial charge in [0.25, 0.3) is 0 Å². The third kappa shape index (κ3) is 3.00. The Morgan fingerprint density at radius 3 is 2.25 bits per heavy atom. The lowest BCUT2D eigenvalue weighted by atomic mass is 10.1. The van der Waals surface area contributed by atoms with E-state index in [9.17, 15) is 0 Å². The van der Waals surface area contributed by atoms with Crippen LogP contribution in [0.25, 0.3) is 0 Å². The molecule has 0 radical (unpaired) electrons. The number of hydrogen-bond acceptors (Lipinski definition) is 2. The lowest BCUT2D eigenvalue weighted by molar-refractivity contribution is 1.03. The molecule has 3 aliphatic heterocycles. The van der Waals surface area contributed by atoms with Gasteiger partial charge in [-0.15, -0.1) is 23.5 Å². The first-order valence-corrected chi connectivity index (χ1v) is 15.8. The summed E-state index contributed by atoms with van der Waals surface area (Å²) in [6.45, 7) is 0. The van der Waals surface area contributed by atoms with Crippen molar-refractivity contribution in [2.45, 2.75) is 25.8 Å². The van der Waals surface area contributed by atoms with E-state index in [-0.39, 0.29) is 7.92 Å². The van der Waals surface area contributed by atoms with Crippen molar-refractivity contribution >= 4 is 50.0 Å². The SMILES string of the molecule is C1=CC2=C3C(SC2C=C1)P(c1ccccc1)C1Sc2ccccc2C1P3c1ccccc1. The fourth-order valence-electron chi connectivity index (χ4n) is 5.38. The summed E-state index contributed by atoms with van der Waals surface area (Å²) in [4.78, 5) is 2.76. The monoisotopic (exact) mass is 484 g/mol. The molecule has 3 heterocycles. The molecule has 3 aromatic rings. The van der Waals surface area contributed by atoms with Gasteiger partial charge in [0.1, 0.15) is 0 Å². The lowest BCUT2D eigenvalue weighted by Gasteiger charge is -2.45. The molecule has 0 amide bonds. The average molecular weight is 485 g/mol. The second-order valence-corrected chi connectivity index (χ2v) is 16.3. The highest BCUT2D eigenvalue weighted by Crippen LogP contribution is 2.83. The first-order chi connectivity index (χ1) is 15.9. The quantitative estimate of drug-likeness (QED) is 0.343. The standard InChI is InChI=1S/C28H22P2S2/c1-3-11-19(12-4-1)29-25-21-15-7-9-17-23(21)31-27(25)30(20-13-5-2-6-14-20)28-26(29)22-16-8-10-18-24(22)32-28/h1-18,23,26-28H. The van der Waals surface area contributed by atoms with Crippen LogP contribution in [0.4, 0.5) is 0 Å². The number of hydrogen-bond donors (Lipinski definition) is 0. The van der Waals surface area contributed by atoms with Gasteiger partial charge in [-0.25, -0.2) is 0 Å². The molecule has 4 aliphatic rings. The Labute approximate surface area is 200 Å². The highest BCUT2D eigenvalue weighted by molar-refractivity contribution is 8.14. The van der Waals surface area contributed by atoms with Crippen molar-refractivity contribution in [3.8, 4) is 0 Å². The Morgan fingerprint density at radius 2 is 1.44 bits per heavy atom. The number of thioether (sulfide) groups is 2. The molecule has 0 bridgehead atoms. The molecule has 0 nitrogen and oxygen atoms in total. The van der Waals surface area contributed by atoms with Crippen LogP contribution in [-0.4, -0.2) is 15.2 Å². The van der Waals surface area contributed by atoms with Crippen molar-refractivity contribution in [1.82, 2.24) is 0 Å². The molecule has 3 aromatic carbocycles. The Bertz CT molecular complexity index is 1260. The summed E-state index contributed by atoms with van der Waals surface area (Å²) < 4.78 is 0. The van der Waals surface area contributed by atoms with Gasteiger partial charge in [-0.1, -0.05) is 103 Å². The Kier molecular flexibility index (Phi) is 4.99. The van der Waals surface area contributed by atoms with E-state index in [0.717, 1.165) is 0 Å². The van der Waals surface area contributed by atoms with Gasteiger partial charge < -0.3 is 0 Å². The van der Waals surface area contributed by atoms with Crippen molar-refractivity contribution in [3.63, 3.8) is 0 Å². The molecule has 0 aromatic heterocycles. The first kappa shape index (κ1) is 19.9. The number of allylic oxidation sites excluding steroid dienone is 3. The summed E-state index contributed by atoms with van der Waals surface area (Å²) in [6, 6.07) is 32.2. The molecule has 1 saturated heterocycles. The van der Waals surface area contributed by atoms with Gasteiger partial charge in [0, 0.05) is 20.8 Å².